The van der Waals surface area contributed by atoms with Crippen molar-refractivity contribution in [3.05, 3.63) is 12.2 Å². The molecule has 0 bridgehead atoms. The third-order valence-electron chi connectivity index (χ3n) is 1.61. The molecule has 0 spiro atoms. The third kappa shape index (κ3) is 6.05. The lowest BCUT2D eigenvalue weighted by molar-refractivity contribution is -0.432. The lowest BCUT2D eigenvalue weighted by Gasteiger charge is -2.12. The average molecular weight is 252 g/mol. The molecule has 0 saturated carbocycles. The Morgan fingerprint density at radius 2 is 2.31 bits per heavy atom. The first-order valence-corrected chi connectivity index (χ1v) is 5.23. The Labute approximate surface area is 96.2 Å². The molecular formula is C8H12O7S. The van der Waals surface area contributed by atoms with Gasteiger partial charge in [-0.1, -0.05) is 5.04 Å². The summed E-state index contributed by atoms with van der Waals surface area (Å²) < 4.78 is 8.71. The first-order chi connectivity index (χ1) is 7.76. The first kappa shape index (κ1) is 13.4. The molecule has 8 heteroatoms. The lowest BCUT2D eigenvalue weighted by atomic mass is 10.3. The van der Waals surface area contributed by atoms with Gasteiger partial charge >= 0.3 is 5.97 Å². The maximum absolute atomic E-state index is 11.0. The van der Waals surface area contributed by atoms with Gasteiger partial charge in [-0.3, -0.25) is 4.79 Å². The minimum Gasteiger partial charge on any atom is -0.469 e. The number of esters is 1. The topological polar surface area (TPSA) is 83.5 Å². The molecule has 0 heterocycles. The van der Waals surface area contributed by atoms with Gasteiger partial charge in [-0.2, -0.15) is 0 Å². The molecular weight excluding hydrogens is 240 g/mol. The highest BCUT2D eigenvalue weighted by Gasteiger charge is 2.19. The maximum atomic E-state index is 11.0. The minimum atomic E-state index is -0.424. The zero-order chi connectivity index (χ0) is 11.8. The highest BCUT2D eigenvalue weighted by molar-refractivity contribution is 7.95. The summed E-state index contributed by atoms with van der Waals surface area (Å²) in [5, 5.41) is 11.0. The van der Waals surface area contributed by atoms with E-state index in [0.717, 1.165) is 12.0 Å². The molecule has 0 aromatic rings. The van der Waals surface area contributed by atoms with Crippen LogP contribution in [0, 0.1) is 0 Å². The number of hydrogen-bond acceptors (Lipinski definition) is 8. The Morgan fingerprint density at radius 3 is 2.88 bits per heavy atom. The number of ether oxygens (including phenoxy) is 1. The fraction of sp³-hybridized carbons (Fsp3) is 0.625. The van der Waals surface area contributed by atoms with Crippen molar-refractivity contribution in [2.24, 2.45) is 0 Å². The van der Waals surface area contributed by atoms with Crippen LogP contribution < -0.4 is 0 Å². The van der Waals surface area contributed by atoms with Crippen molar-refractivity contribution in [2.75, 3.05) is 13.7 Å². The van der Waals surface area contributed by atoms with Crippen molar-refractivity contribution in [1.82, 2.24) is 0 Å². The summed E-state index contributed by atoms with van der Waals surface area (Å²) in [4.78, 5) is 20.7. The van der Waals surface area contributed by atoms with Crippen molar-refractivity contribution in [3.63, 3.8) is 0 Å². The van der Waals surface area contributed by atoms with Crippen molar-refractivity contribution in [2.45, 2.75) is 17.8 Å². The molecule has 1 atom stereocenters. The van der Waals surface area contributed by atoms with Crippen LogP contribution in [0.3, 0.4) is 0 Å². The van der Waals surface area contributed by atoms with E-state index < -0.39 is 11.2 Å². The Morgan fingerprint density at radius 1 is 1.56 bits per heavy atom. The molecule has 16 heavy (non-hydrogen) atoms. The molecule has 0 radical (unpaired) electrons. The largest absolute Gasteiger partial charge is 0.469 e. The average Bonchev–Trinajstić information content (AvgIpc) is 3.09. The normalized spacial score (nSPS) is 16.1. The van der Waals surface area contributed by atoms with Gasteiger partial charge in [0.1, 0.15) is 6.10 Å². The van der Waals surface area contributed by atoms with Gasteiger partial charge in [0.15, 0.2) is 0 Å². The predicted octanol–water partition coefficient (Wildman–Crippen LogP) is 0.874. The lowest BCUT2D eigenvalue weighted by Crippen LogP contribution is -2.19. The monoisotopic (exact) mass is 252 g/mol. The van der Waals surface area contributed by atoms with Gasteiger partial charge in [0.25, 0.3) is 0 Å². The smallest absolute Gasteiger partial charge is 0.306 e. The van der Waals surface area contributed by atoms with Gasteiger partial charge in [-0.15, -0.1) is 4.33 Å². The Hall–Kier alpha value is -0.640. The van der Waals surface area contributed by atoms with Gasteiger partial charge < -0.3 is 4.74 Å². The molecule has 0 amide bonds. The summed E-state index contributed by atoms with van der Waals surface area (Å²) in [7, 11) is 1.28. The molecule has 1 aliphatic carbocycles. The van der Waals surface area contributed by atoms with Crippen LogP contribution in [0.2, 0.25) is 0 Å². The van der Waals surface area contributed by atoms with Crippen molar-refractivity contribution < 1.29 is 33.9 Å². The van der Waals surface area contributed by atoms with Gasteiger partial charge in [-0.25, -0.2) is 15.0 Å². The molecule has 0 aliphatic heterocycles. The number of carbonyl (C=O) groups is 1. The van der Waals surface area contributed by atoms with Crippen LogP contribution >= 0.6 is 12.0 Å². The third-order valence-corrected chi connectivity index (χ3v) is 2.32. The van der Waals surface area contributed by atoms with Gasteiger partial charge in [0, 0.05) is 12.0 Å². The second kappa shape index (κ2) is 7.60. The standard InChI is InChI=1S/C8H12O7S/c1-11-8(9)4-7(16-15-14-10)5-12-13-6-2-3-6/h2-3,6-7,10H,4-5H2,1H3. The van der Waals surface area contributed by atoms with E-state index in [-0.39, 0.29) is 19.1 Å². The second-order valence-corrected chi connectivity index (χ2v) is 3.87. The Balaban J connectivity index is 2.15. The molecule has 1 rings (SSSR count). The minimum absolute atomic E-state index is 0.0476. The van der Waals surface area contributed by atoms with Crippen molar-refractivity contribution >= 4 is 18.0 Å². The molecule has 1 unspecified atom stereocenters. The number of rotatable bonds is 9. The van der Waals surface area contributed by atoms with E-state index in [2.05, 4.69) is 14.1 Å². The molecule has 0 aromatic heterocycles. The summed E-state index contributed by atoms with van der Waals surface area (Å²) in [6, 6.07) is 0. The van der Waals surface area contributed by atoms with Crippen LogP contribution in [0.4, 0.5) is 0 Å². The molecule has 1 aliphatic rings. The Kier molecular flexibility index (Phi) is 6.38. The van der Waals surface area contributed by atoms with Crippen LogP contribution in [0.5, 0.6) is 0 Å². The zero-order valence-corrected chi connectivity index (χ0v) is 9.35. The van der Waals surface area contributed by atoms with Crippen LogP contribution in [0.25, 0.3) is 0 Å². The fourth-order valence-corrected chi connectivity index (χ4v) is 1.23. The van der Waals surface area contributed by atoms with Gasteiger partial charge in [-0.05, 0) is 12.2 Å². The van der Waals surface area contributed by atoms with Crippen LogP contribution in [-0.4, -0.2) is 36.3 Å². The molecule has 7 nitrogen and oxygen atoms in total. The Bertz CT molecular complexity index is 239. The summed E-state index contributed by atoms with van der Waals surface area (Å²) >= 11 is 0.739. The summed E-state index contributed by atoms with van der Waals surface area (Å²) in [6.07, 6.45) is 3.57. The summed E-state index contributed by atoms with van der Waals surface area (Å²) in [6.45, 7) is 0.0985. The first-order valence-electron chi connectivity index (χ1n) is 4.43. The zero-order valence-electron chi connectivity index (χ0n) is 8.53. The summed E-state index contributed by atoms with van der Waals surface area (Å²) in [5.41, 5.74) is 0. The van der Waals surface area contributed by atoms with E-state index in [1.54, 1.807) is 12.2 Å². The summed E-state index contributed by atoms with van der Waals surface area (Å²) in [5.74, 6) is -0.424. The number of hydrogen-bond donors (Lipinski definition) is 1. The molecule has 0 aromatic carbocycles. The van der Waals surface area contributed by atoms with Crippen LogP contribution in [0.1, 0.15) is 6.42 Å². The predicted molar refractivity (Wildman–Crippen MR) is 52.8 cm³/mol. The van der Waals surface area contributed by atoms with Crippen LogP contribution in [-0.2, 0) is 28.7 Å². The van der Waals surface area contributed by atoms with Crippen molar-refractivity contribution in [3.8, 4) is 0 Å². The van der Waals surface area contributed by atoms with Gasteiger partial charge in [0.05, 0.1) is 25.4 Å². The highest BCUT2D eigenvalue weighted by Crippen LogP contribution is 2.18. The SMILES string of the molecule is COC(=O)CC(COOC1C=C1)SOOO. The molecule has 0 fully saturated rings. The van der Waals surface area contributed by atoms with E-state index in [9.17, 15) is 4.79 Å². The van der Waals surface area contributed by atoms with Crippen LogP contribution in [0.15, 0.2) is 12.2 Å². The number of methoxy groups -OCH3 is 1. The number of carbonyl (C=O) groups excluding carboxylic acids is 1. The quantitative estimate of drug-likeness (QED) is 0.213. The fourth-order valence-electron chi connectivity index (χ4n) is 0.766. The maximum Gasteiger partial charge on any atom is 0.306 e. The van der Waals surface area contributed by atoms with E-state index >= 15 is 0 Å². The van der Waals surface area contributed by atoms with Gasteiger partial charge in [0.2, 0.25) is 0 Å². The molecule has 0 saturated heterocycles. The van der Waals surface area contributed by atoms with E-state index in [1.807, 2.05) is 0 Å². The van der Waals surface area contributed by atoms with E-state index in [4.69, 9.17) is 15.0 Å². The molecule has 1 N–H and O–H groups in total. The van der Waals surface area contributed by atoms with Crippen molar-refractivity contribution in [1.29, 1.82) is 0 Å². The highest BCUT2D eigenvalue weighted by atomic mass is 32.2. The second-order valence-electron chi connectivity index (χ2n) is 2.87. The van der Waals surface area contributed by atoms with E-state index in [1.165, 1.54) is 7.11 Å². The molecule has 92 valence electrons. The van der Waals surface area contributed by atoms with E-state index in [0.29, 0.717) is 0 Å².